The average Bonchev–Trinajstić information content (AvgIpc) is 2.74. The molecule has 0 aliphatic heterocycles. The van der Waals surface area contributed by atoms with Crippen molar-refractivity contribution >= 4 is 16.7 Å². The second kappa shape index (κ2) is 4.27. The summed E-state index contributed by atoms with van der Waals surface area (Å²) in [6.07, 6.45) is 2.57. The number of hydrogen-bond acceptors (Lipinski definition) is 1. The van der Waals surface area contributed by atoms with E-state index in [1.807, 2.05) is 6.92 Å². The van der Waals surface area contributed by atoms with Gasteiger partial charge >= 0.3 is 0 Å². The highest BCUT2D eigenvalue weighted by Gasteiger charge is 2.31. The summed E-state index contributed by atoms with van der Waals surface area (Å²) in [6.45, 7) is 4.17. The molecule has 1 aromatic heterocycles. The Bertz CT molecular complexity index is 596. The Morgan fingerprint density at radius 3 is 2.89 bits per heavy atom. The SMILES string of the molecule is CCC(=O)C1Cc2c([nH]c3ccccc23)CC1C. The maximum Gasteiger partial charge on any atom is 0.136 e. The van der Waals surface area contributed by atoms with Crippen molar-refractivity contribution in [2.24, 2.45) is 11.8 Å². The summed E-state index contributed by atoms with van der Waals surface area (Å²) < 4.78 is 0. The molecular weight excluding hydrogens is 222 g/mol. The van der Waals surface area contributed by atoms with E-state index in [2.05, 4.69) is 36.2 Å². The smallest absolute Gasteiger partial charge is 0.136 e. The van der Waals surface area contributed by atoms with Gasteiger partial charge in [0.1, 0.15) is 5.78 Å². The summed E-state index contributed by atoms with van der Waals surface area (Å²) in [5.74, 6) is 1.08. The highest BCUT2D eigenvalue weighted by molar-refractivity contribution is 5.87. The molecule has 1 aromatic carbocycles. The van der Waals surface area contributed by atoms with Crippen molar-refractivity contribution < 1.29 is 4.79 Å². The first-order valence-corrected chi connectivity index (χ1v) is 6.82. The maximum absolute atomic E-state index is 12.0. The zero-order valence-corrected chi connectivity index (χ0v) is 11.0. The minimum absolute atomic E-state index is 0.210. The number of fused-ring (bicyclic) bond motifs is 3. The van der Waals surface area contributed by atoms with Crippen LogP contribution in [0.4, 0.5) is 0 Å². The van der Waals surface area contributed by atoms with Crippen molar-refractivity contribution in [2.45, 2.75) is 33.1 Å². The van der Waals surface area contributed by atoms with Gasteiger partial charge in [-0.25, -0.2) is 0 Å². The van der Waals surface area contributed by atoms with E-state index in [0.717, 1.165) is 12.8 Å². The predicted octanol–water partition coefficient (Wildman–Crippen LogP) is 3.50. The normalized spacial score (nSPS) is 23.0. The van der Waals surface area contributed by atoms with Crippen LogP contribution in [-0.4, -0.2) is 10.8 Å². The Morgan fingerprint density at radius 1 is 1.33 bits per heavy atom. The van der Waals surface area contributed by atoms with Gasteiger partial charge in [-0.1, -0.05) is 32.0 Å². The Hall–Kier alpha value is -1.57. The van der Waals surface area contributed by atoms with E-state index >= 15 is 0 Å². The third kappa shape index (κ3) is 1.67. The number of carbonyl (C=O) groups excluding carboxylic acids is 1. The molecule has 0 saturated heterocycles. The molecule has 0 saturated carbocycles. The number of nitrogens with one attached hydrogen (secondary N) is 1. The molecule has 0 bridgehead atoms. The number of rotatable bonds is 2. The summed E-state index contributed by atoms with van der Waals surface area (Å²) in [5, 5.41) is 1.30. The lowest BCUT2D eigenvalue weighted by Gasteiger charge is -2.27. The van der Waals surface area contributed by atoms with E-state index < -0.39 is 0 Å². The van der Waals surface area contributed by atoms with Crippen LogP contribution < -0.4 is 0 Å². The van der Waals surface area contributed by atoms with Gasteiger partial charge in [0, 0.05) is 28.9 Å². The summed E-state index contributed by atoms with van der Waals surface area (Å²) in [4.78, 5) is 15.5. The molecule has 1 heterocycles. The highest BCUT2D eigenvalue weighted by atomic mass is 16.1. The van der Waals surface area contributed by atoms with Crippen LogP contribution in [0, 0.1) is 11.8 Å². The minimum atomic E-state index is 0.210. The largest absolute Gasteiger partial charge is 0.358 e. The Labute approximate surface area is 107 Å². The van der Waals surface area contributed by atoms with Crippen LogP contribution in [0.5, 0.6) is 0 Å². The fourth-order valence-corrected chi connectivity index (χ4v) is 3.24. The van der Waals surface area contributed by atoms with E-state index in [9.17, 15) is 4.79 Å². The number of aromatic amines is 1. The van der Waals surface area contributed by atoms with Crippen molar-refractivity contribution in [1.29, 1.82) is 0 Å². The van der Waals surface area contributed by atoms with E-state index in [-0.39, 0.29) is 5.92 Å². The number of ketones is 1. The quantitative estimate of drug-likeness (QED) is 0.857. The number of Topliss-reactive ketones (excluding diaryl/α,β-unsaturated/α-hetero) is 1. The zero-order valence-electron chi connectivity index (χ0n) is 11.0. The Kier molecular flexibility index (Phi) is 2.73. The van der Waals surface area contributed by atoms with Crippen LogP contribution >= 0.6 is 0 Å². The number of carbonyl (C=O) groups is 1. The predicted molar refractivity (Wildman–Crippen MR) is 73.7 cm³/mol. The monoisotopic (exact) mass is 241 g/mol. The molecule has 2 nitrogen and oxygen atoms in total. The van der Waals surface area contributed by atoms with Crippen LogP contribution in [0.1, 0.15) is 31.5 Å². The zero-order chi connectivity index (χ0) is 12.7. The number of benzene rings is 1. The lowest BCUT2D eigenvalue weighted by Crippen LogP contribution is -2.29. The molecule has 2 atom stereocenters. The highest BCUT2D eigenvalue weighted by Crippen LogP contribution is 2.35. The Morgan fingerprint density at radius 2 is 2.11 bits per heavy atom. The van der Waals surface area contributed by atoms with E-state index in [4.69, 9.17) is 0 Å². The van der Waals surface area contributed by atoms with Crippen molar-refractivity contribution in [3.63, 3.8) is 0 Å². The lowest BCUT2D eigenvalue weighted by atomic mass is 9.76. The van der Waals surface area contributed by atoms with Crippen molar-refractivity contribution in [3.8, 4) is 0 Å². The number of aromatic nitrogens is 1. The molecule has 2 unspecified atom stereocenters. The second-order valence-corrected chi connectivity index (χ2v) is 5.44. The van der Waals surface area contributed by atoms with Crippen molar-refractivity contribution in [2.75, 3.05) is 0 Å². The average molecular weight is 241 g/mol. The molecule has 3 rings (SSSR count). The molecule has 1 aliphatic carbocycles. The van der Waals surface area contributed by atoms with Gasteiger partial charge in [-0.15, -0.1) is 0 Å². The molecule has 18 heavy (non-hydrogen) atoms. The maximum atomic E-state index is 12.0. The van der Waals surface area contributed by atoms with Gasteiger partial charge in [-0.2, -0.15) is 0 Å². The molecule has 1 N–H and O–H groups in total. The minimum Gasteiger partial charge on any atom is -0.358 e. The van der Waals surface area contributed by atoms with E-state index in [1.54, 1.807) is 0 Å². The molecule has 2 aromatic rings. The van der Waals surface area contributed by atoms with Crippen LogP contribution in [0.15, 0.2) is 24.3 Å². The van der Waals surface area contributed by atoms with Crippen LogP contribution in [-0.2, 0) is 17.6 Å². The second-order valence-electron chi connectivity index (χ2n) is 5.44. The molecule has 2 heteroatoms. The van der Waals surface area contributed by atoms with E-state index in [1.165, 1.54) is 22.2 Å². The fraction of sp³-hybridized carbons (Fsp3) is 0.438. The third-order valence-corrected chi connectivity index (χ3v) is 4.30. The molecule has 94 valence electrons. The van der Waals surface area contributed by atoms with Gasteiger partial charge in [-0.3, -0.25) is 4.79 Å². The first kappa shape index (κ1) is 11.5. The van der Waals surface area contributed by atoms with Gasteiger partial charge < -0.3 is 4.98 Å². The third-order valence-electron chi connectivity index (χ3n) is 4.30. The van der Waals surface area contributed by atoms with Gasteiger partial charge in [0.25, 0.3) is 0 Å². The molecule has 0 fully saturated rings. The molecular formula is C16H19NO. The van der Waals surface area contributed by atoms with Crippen molar-refractivity contribution in [1.82, 2.24) is 4.98 Å². The van der Waals surface area contributed by atoms with Gasteiger partial charge in [0.2, 0.25) is 0 Å². The van der Waals surface area contributed by atoms with Crippen LogP contribution in [0.25, 0.3) is 10.9 Å². The Balaban J connectivity index is 2.06. The summed E-state index contributed by atoms with van der Waals surface area (Å²) in [5.41, 5.74) is 3.92. The summed E-state index contributed by atoms with van der Waals surface area (Å²) >= 11 is 0. The molecule has 0 amide bonds. The summed E-state index contributed by atoms with van der Waals surface area (Å²) in [7, 11) is 0. The standard InChI is InChI=1S/C16H19NO/c1-3-16(18)12-9-13-11-6-4-5-7-14(11)17-15(13)8-10(12)2/h4-7,10,12,17H,3,8-9H2,1-2H3. The van der Waals surface area contributed by atoms with Crippen molar-refractivity contribution in [3.05, 3.63) is 35.5 Å². The fourth-order valence-electron chi connectivity index (χ4n) is 3.24. The van der Waals surface area contributed by atoms with Gasteiger partial charge in [-0.05, 0) is 30.4 Å². The summed E-state index contributed by atoms with van der Waals surface area (Å²) in [6, 6.07) is 8.41. The first-order chi connectivity index (χ1) is 8.70. The number of H-pyrrole nitrogens is 1. The molecule has 1 aliphatic rings. The van der Waals surface area contributed by atoms with Gasteiger partial charge in [0.15, 0.2) is 0 Å². The first-order valence-electron chi connectivity index (χ1n) is 6.82. The van der Waals surface area contributed by atoms with Crippen LogP contribution in [0.2, 0.25) is 0 Å². The lowest BCUT2D eigenvalue weighted by molar-refractivity contribution is -0.124. The van der Waals surface area contributed by atoms with E-state index in [0.29, 0.717) is 18.1 Å². The van der Waals surface area contributed by atoms with Gasteiger partial charge in [0.05, 0.1) is 0 Å². The number of hydrogen-bond donors (Lipinski definition) is 1. The topological polar surface area (TPSA) is 32.9 Å². The molecule has 0 radical (unpaired) electrons. The van der Waals surface area contributed by atoms with Crippen LogP contribution in [0.3, 0.4) is 0 Å². The molecule has 0 spiro atoms. The number of para-hydroxylation sites is 1.